The highest BCUT2D eigenvalue weighted by Gasteiger charge is 2.36. The number of alkyl halides is 1. The van der Waals surface area contributed by atoms with E-state index in [1.54, 1.807) is 6.07 Å². The predicted octanol–water partition coefficient (Wildman–Crippen LogP) is 1.03. The minimum atomic E-state index is -1.05. The smallest absolute Gasteiger partial charge is 0.415 e. The van der Waals surface area contributed by atoms with Gasteiger partial charge in [-0.3, -0.25) is 15.0 Å². The Bertz CT molecular complexity index is 661. The molecular weight excluding hydrogens is 297 g/mol. The molecule has 8 nitrogen and oxygen atoms in total. The van der Waals surface area contributed by atoms with Gasteiger partial charge in [-0.15, -0.1) is 0 Å². The lowest BCUT2D eigenvalue weighted by molar-refractivity contribution is -0.124. The molecule has 3 rings (SSSR count). The van der Waals surface area contributed by atoms with Crippen LogP contribution in [0.15, 0.2) is 12.1 Å². The molecule has 1 saturated heterocycles. The van der Waals surface area contributed by atoms with E-state index in [2.05, 4.69) is 5.32 Å². The van der Waals surface area contributed by atoms with E-state index in [4.69, 9.17) is 15.2 Å². The first kappa shape index (κ1) is 14.1. The van der Waals surface area contributed by atoms with Crippen LogP contribution in [-0.2, 0) is 27.5 Å². The SMILES string of the molecule is NC(=O)C1CN(c2cc(CF)c3c(c2)COC(=O)N3)C(=O)O1. The normalized spacial score (nSPS) is 20.0. The van der Waals surface area contributed by atoms with Crippen molar-refractivity contribution >= 4 is 29.5 Å². The van der Waals surface area contributed by atoms with E-state index >= 15 is 0 Å². The van der Waals surface area contributed by atoms with E-state index in [-0.39, 0.29) is 18.7 Å². The van der Waals surface area contributed by atoms with Gasteiger partial charge in [0.2, 0.25) is 0 Å². The second-order valence-corrected chi connectivity index (χ2v) is 4.86. The summed E-state index contributed by atoms with van der Waals surface area (Å²) in [6, 6.07) is 2.98. The van der Waals surface area contributed by atoms with Gasteiger partial charge in [0.15, 0.2) is 6.10 Å². The Morgan fingerprint density at radius 1 is 1.45 bits per heavy atom. The number of ether oxygens (including phenoxy) is 2. The van der Waals surface area contributed by atoms with Gasteiger partial charge in [0, 0.05) is 16.8 Å². The quantitative estimate of drug-likeness (QED) is 0.866. The fourth-order valence-corrected chi connectivity index (χ4v) is 2.39. The fourth-order valence-electron chi connectivity index (χ4n) is 2.39. The third-order valence-electron chi connectivity index (χ3n) is 3.46. The molecule has 0 bridgehead atoms. The first-order chi connectivity index (χ1) is 10.5. The Labute approximate surface area is 124 Å². The molecule has 116 valence electrons. The van der Waals surface area contributed by atoms with Crippen LogP contribution in [0.5, 0.6) is 0 Å². The molecule has 0 saturated carbocycles. The summed E-state index contributed by atoms with van der Waals surface area (Å²) in [4.78, 5) is 35.3. The predicted molar refractivity (Wildman–Crippen MR) is 71.9 cm³/mol. The summed E-state index contributed by atoms with van der Waals surface area (Å²) >= 11 is 0. The third-order valence-corrected chi connectivity index (χ3v) is 3.46. The van der Waals surface area contributed by atoms with E-state index in [0.29, 0.717) is 16.9 Å². The maximum atomic E-state index is 13.2. The highest BCUT2D eigenvalue weighted by Crippen LogP contribution is 2.33. The number of carbonyl (C=O) groups excluding carboxylic acids is 3. The van der Waals surface area contributed by atoms with Crippen molar-refractivity contribution in [2.24, 2.45) is 5.73 Å². The molecule has 0 aromatic heterocycles. The summed E-state index contributed by atoms with van der Waals surface area (Å²) in [6.45, 7) is -0.922. The lowest BCUT2D eigenvalue weighted by Gasteiger charge is -2.23. The zero-order chi connectivity index (χ0) is 15.9. The molecule has 1 aromatic carbocycles. The molecule has 1 unspecified atom stereocenters. The van der Waals surface area contributed by atoms with E-state index in [1.165, 1.54) is 11.0 Å². The van der Waals surface area contributed by atoms with Crippen molar-refractivity contribution in [3.05, 3.63) is 23.3 Å². The van der Waals surface area contributed by atoms with Crippen LogP contribution in [0, 0.1) is 0 Å². The van der Waals surface area contributed by atoms with Gasteiger partial charge < -0.3 is 15.2 Å². The van der Waals surface area contributed by atoms with Crippen LogP contribution in [0.4, 0.5) is 25.4 Å². The number of nitrogens with one attached hydrogen (secondary N) is 1. The maximum Gasteiger partial charge on any atom is 0.415 e. The van der Waals surface area contributed by atoms with Gasteiger partial charge >= 0.3 is 12.2 Å². The van der Waals surface area contributed by atoms with Gasteiger partial charge in [-0.2, -0.15) is 0 Å². The number of nitrogens with zero attached hydrogens (tertiary/aromatic N) is 1. The molecule has 2 aliphatic heterocycles. The van der Waals surface area contributed by atoms with Crippen molar-refractivity contribution in [1.82, 2.24) is 0 Å². The molecule has 22 heavy (non-hydrogen) atoms. The summed E-state index contributed by atoms with van der Waals surface area (Å²) in [5.41, 5.74) is 6.53. The third kappa shape index (κ3) is 2.30. The second kappa shape index (κ2) is 5.17. The fraction of sp³-hybridized carbons (Fsp3) is 0.308. The molecule has 1 atom stereocenters. The Morgan fingerprint density at radius 2 is 2.23 bits per heavy atom. The molecule has 0 radical (unpaired) electrons. The van der Waals surface area contributed by atoms with Crippen molar-refractivity contribution in [1.29, 1.82) is 0 Å². The van der Waals surface area contributed by atoms with Crippen LogP contribution in [0.3, 0.4) is 0 Å². The van der Waals surface area contributed by atoms with Crippen LogP contribution in [0.1, 0.15) is 11.1 Å². The van der Waals surface area contributed by atoms with Crippen LogP contribution >= 0.6 is 0 Å². The number of carbonyl (C=O) groups is 3. The van der Waals surface area contributed by atoms with E-state index in [9.17, 15) is 18.8 Å². The lowest BCUT2D eigenvalue weighted by atomic mass is 10.0. The first-order valence-electron chi connectivity index (χ1n) is 6.42. The van der Waals surface area contributed by atoms with Crippen LogP contribution in [0.2, 0.25) is 0 Å². The largest absolute Gasteiger partial charge is 0.444 e. The summed E-state index contributed by atoms with van der Waals surface area (Å²) in [6.07, 6.45) is -2.45. The molecule has 2 aliphatic rings. The number of rotatable bonds is 3. The Morgan fingerprint density at radius 3 is 2.86 bits per heavy atom. The molecule has 0 aliphatic carbocycles. The molecular formula is C13H12FN3O5. The molecule has 1 fully saturated rings. The van der Waals surface area contributed by atoms with Gasteiger partial charge in [0.05, 0.1) is 12.2 Å². The van der Waals surface area contributed by atoms with Gasteiger partial charge in [0.1, 0.15) is 13.3 Å². The molecule has 3 N–H and O–H groups in total. The van der Waals surface area contributed by atoms with Gasteiger partial charge in [-0.1, -0.05) is 0 Å². The Balaban J connectivity index is 1.97. The number of halogens is 1. The highest BCUT2D eigenvalue weighted by atomic mass is 19.1. The minimum Gasteiger partial charge on any atom is -0.444 e. The van der Waals surface area contributed by atoms with Crippen LogP contribution < -0.4 is 16.0 Å². The van der Waals surface area contributed by atoms with Crippen LogP contribution in [-0.4, -0.2) is 30.7 Å². The number of amides is 3. The summed E-state index contributed by atoms with van der Waals surface area (Å²) < 4.78 is 22.9. The Hall–Kier alpha value is -2.84. The number of anilines is 2. The first-order valence-corrected chi connectivity index (χ1v) is 6.42. The molecule has 2 heterocycles. The van der Waals surface area contributed by atoms with Gasteiger partial charge in [-0.25, -0.2) is 14.0 Å². The van der Waals surface area contributed by atoms with Crippen molar-refractivity contribution < 1.29 is 28.2 Å². The van der Waals surface area contributed by atoms with E-state index in [0.717, 1.165) is 0 Å². The number of nitrogens with two attached hydrogens (primary N) is 1. The molecule has 1 aromatic rings. The summed E-state index contributed by atoms with van der Waals surface area (Å²) in [5, 5.41) is 2.43. The van der Waals surface area contributed by atoms with Crippen molar-refractivity contribution in [3.8, 4) is 0 Å². The second-order valence-electron chi connectivity index (χ2n) is 4.86. The van der Waals surface area contributed by atoms with Crippen LogP contribution in [0.25, 0.3) is 0 Å². The van der Waals surface area contributed by atoms with E-state index < -0.39 is 30.9 Å². The van der Waals surface area contributed by atoms with E-state index in [1.807, 2.05) is 0 Å². The number of fused-ring (bicyclic) bond motifs is 1. The average Bonchev–Trinajstić information content (AvgIpc) is 2.88. The number of cyclic esters (lactones) is 2. The lowest BCUT2D eigenvalue weighted by Crippen LogP contribution is -2.32. The van der Waals surface area contributed by atoms with Crippen molar-refractivity contribution in [2.45, 2.75) is 19.4 Å². The number of hydrogen-bond donors (Lipinski definition) is 2. The summed E-state index contributed by atoms with van der Waals surface area (Å²) in [5.74, 6) is -0.755. The van der Waals surface area contributed by atoms with Crippen molar-refractivity contribution in [3.63, 3.8) is 0 Å². The minimum absolute atomic E-state index is 0.0376. The van der Waals surface area contributed by atoms with Gasteiger partial charge in [-0.05, 0) is 12.1 Å². The number of primary amides is 1. The molecule has 0 spiro atoms. The molecule has 9 heteroatoms. The number of hydrogen-bond acceptors (Lipinski definition) is 5. The molecule has 3 amide bonds. The standard InChI is InChI=1S/C13H12FN3O5/c14-3-6-1-8(2-7-5-21-12(19)16-10(6)7)17-4-9(11(15)18)22-13(17)20/h1-2,9H,3-5H2,(H2,15,18)(H,16,19). The zero-order valence-corrected chi connectivity index (χ0v) is 11.3. The van der Waals surface area contributed by atoms with Crippen molar-refractivity contribution in [2.75, 3.05) is 16.8 Å². The number of benzene rings is 1. The summed E-state index contributed by atoms with van der Waals surface area (Å²) in [7, 11) is 0. The topological polar surface area (TPSA) is 111 Å². The monoisotopic (exact) mass is 309 g/mol. The van der Waals surface area contributed by atoms with Gasteiger partial charge in [0.25, 0.3) is 5.91 Å². The maximum absolute atomic E-state index is 13.2. The Kier molecular flexibility index (Phi) is 3.32. The highest BCUT2D eigenvalue weighted by molar-refractivity contribution is 5.96. The zero-order valence-electron chi connectivity index (χ0n) is 11.3. The average molecular weight is 309 g/mol.